The van der Waals surface area contributed by atoms with E-state index in [2.05, 4.69) is 38.2 Å². The Hall–Kier alpha value is -1.70. The minimum atomic E-state index is 0.300. The van der Waals surface area contributed by atoms with Gasteiger partial charge in [0.05, 0.1) is 0 Å². The van der Waals surface area contributed by atoms with Crippen molar-refractivity contribution in [1.29, 1.82) is 0 Å². The van der Waals surface area contributed by atoms with Crippen molar-refractivity contribution in [3.05, 3.63) is 47.6 Å². The van der Waals surface area contributed by atoms with Crippen molar-refractivity contribution in [2.45, 2.75) is 33.6 Å². The van der Waals surface area contributed by atoms with E-state index in [0.29, 0.717) is 5.75 Å². The maximum atomic E-state index is 9.17. The highest BCUT2D eigenvalue weighted by Crippen LogP contribution is 2.13. The summed E-state index contributed by atoms with van der Waals surface area (Å²) in [6, 6.07) is 7.13. The van der Waals surface area contributed by atoms with Crippen LogP contribution < -0.4 is 5.32 Å². The van der Waals surface area contributed by atoms with Gasteiger partial charge in [0.25, 0.3) is 0 Å². The molecule has 0 bridgehead atoms. The van der Waals surface area contributed by atoms with Crippen LogP contribution >= 0.6 is 0 Å². The molecule has 1 aromatic rings. The molecule has 2 heteroatoms. The summed E-state index contributed by atoms with van der Waals surface area (Å²) in [6.45, 7) is 7.25. The third kappa shape index (κ3) is 6.14. The molecule has 1 rings (SSSR count). The Morgan fingerprint density at radius 1 is 1.11 bits per heavy atom. The molecule has 0 amide bonds. The average molecular weight is 245 g/mol. The van der Waals surface area contributed by atoms with Gasteiger partial charge in [-0.3, -0.25) is 0 Å². The van der Waals surface area contributed by atoms with Gasteiger partial charge in [-0.15, -0.1) is 0 Å². The van der Waals surface area contributed by atoms with Gasteiger partial charge in [0.1, 0.15) is 5.75 Å². The van der Waals surface area contributed by atoms with Crippen LogP contribution in [0, 0.1) is 0 Å². The summed E-state index contributed by atoms with van der Waals surface area (Å²) in [4.78, 5) is 0. The van der Waals surface area contributed by atoms with E-state index in [9.17, 15) is 0 Å². The van der Waals surface area contributed by atoms with Gasteiger partial charge in [0.15, 0.2) is 0 Å². The molecule has 0 saturated carbocycles. The number of rotatable bonds is 6. The third-order valence-electron chi connectivity index (χ3n) is 2.72. The van der Waals surface area contributed by atoms with Crippen LogP contribution in [0.15, 0.2) is 47.6 Å². The molecule has 1 aromatic carbocycles. The number of benzene rings is 1. The molecule has 0 saturated heterocycles. The quantitative estimate of drug-likeness (QED) is 0.571. The molecular formula is C16H23NO. The zero-order valence-electron chi connectivity index (χ0n) is 11.5. The summed E-state index contributed by atoms with van der Waals surface area (Å²) in [5.74, 6) is 0.300. The molecule has 0 unspecified atom stereocenters. The highest BCUT2D eigenvalue weighted by atomic mass is 16.3. The van der Waals surface area contributed by atoms with E-state index >= 15 is 0 Å². The van der Waals surface area contributed by atoms with Gasteiger partial charge in [-0.1, -0.05) is 23.3 Å². The van der Waals surface area contributed by atoms with E-state index < -0.39 is 0 Å². The first-order valence-electron chi connectivity index (χ1n) is 6.40. The van der Waals surface area contributed by atoms with Crippen molar-refractivity contribution in [3.63, 3.8) is 0 Å². The number of phenolic OH excluding ortho intramolecular Hbond substituents is 1. The number of hydrogen-bond donors (Lipinski definition) is 2. The van der Waals surface area contributed by atoms with Gasteiger partial charge in [-0.2, -0.15) is 0 Å². The van der Waals surface area contributed by atoms with Crippen molar-refractivity contribution in [2.75, 3.05) is 11.9 Å². The fourth-order valence-corrected chi connectivity index (χ4v) is 1.61. The predicted octanol–water partition coefficient (Wildman–Crippen LogP) is 4.50. The fourth-order valence-electron chi connectivity index (χ4n) is 1.61. The number of nitrogens with one attached hydrogen (secondary N) is 1. The van der Waals surface area contributed by atoms with Gasteiger partial charge >= 0.3 is 0 Å². The SMILES string of the molecule is CC(C)=CCC/C(C)=C/CNc1ccc(O)cc1. The van der Waals surface area contributed by atoms with Crippen molar-refractivity contribution < 1.29 is 5.11 Å². The van der Waals surface area contributed by atoms with Crippen LogP contribution in [0.2, 0.25) is 0 Å². The summed E-state index contributed by atoms with van der Waals surface area (Å²) in [6.07, 6.45) is 6.71. The topological polar surface area (TPSA) is 32.3 Å². The van der Waals surface area contributed by atoms with Crippen LogP contribution in [0.1, 0.15) is 33.6 Å². The van der Waals surface area contributed by atoms with Crippen molar-refractivity contribution in [2.24, 2.45) is 0 Å². The Kier molecular flexibility index (Phi) is 6.06. The van der Waals surface area contributed by atoms with E-state index in [-0.39, 0.29) is 0 Å². The van der Waals surface area contributed by atoms with E-state index in [1.165, 1.54) is 11.1 Å². The third-order valence-corrected chi connectivity index (χ3v) is 2.72. The fraction of sp³-hybridized carbons (Fsp3) is 0.375. The smallest absolute Gasteiger partial charge is 0.115 e. The molecule has 0 aliphatic heterocycles. The Labute approximate surface area is 110 Å². The molecule has 0 heterocycles. The van der Waals surface area contributed by atoms with Crippen molar-refractivity contribution >= 4 is 5.69 Å². The lowest BCUT2D eigenvalue weighted by atomic mass is 10.1. The molecule has 18 heavy (non-hydrogen) atoms. The van der Waals surface area contributed by atoms with Gasteiger partial charge in [-0.25, -0.2) is 0 Å². The summed E-state index contributed by atoms with van der Waals surface area (Å²) in [7, 11) is 0. The van der Waals surface area contributed by atoms with Gasteiger partial charge in [-0.05, 0) is 57.9 Å². The number of allylic oxidation sites excluding steroid dienone is 3. The maximum Gasteiger partial charge on any atom is 0.115 e. The zero-order chi connectivity index (χ0) is 13.4. The van der Waals surface area contributed by atoms with E-state index in [4.69, 9.17) is 5.11 Å². The number of phenols is 1. The van der Waals surface area contributed by atoms with E-state index in [1.807, 2.05) is 12.1 Å². The Morgan fingerprint density at radius 2 is 1.78 bits per heavy atom. The van der Waals surface area contributed by atoms with Crippen molar-refractivity contribution in [1.82, 2.24) is 0 Å². The molecule has 0 aliphatic rings. The van der Waals surface area contributed by atoms with Crippen LogP contribution in [-0.2, 0) is 0 Å². The Balaban J connectivity index is 2.31. The van der Waals surface area contributed by atoms with Gasteiger partial charge < -0.3 is 10.4 Å². The number of hydrogen-bond acceptors (Lipinski definition) is 2. The van der Waals surface area contributed by atoms with Crippen molar-refractivity contribution in [3.8, 4) is 5.75 Å². The molecule has 0 atom stereocenters. The highest BCUT2D eigenvalue weighted by molar-refractivity contribution is 5.46. The first-order chi connectivity index (χ1) is 8.58. The predicted molar refractivity (Wildman–Crippen MR) is 79.0 cm³/mol. The van der Waals surface area contributed by atoms with Crippen LogP contribution in [0.25, 0.3) is 0 Å². The lowest BCUT2D eigenvalue weighted by Crippen LogP contribution is -1.98. The van der Waals surface area contributed by atoms with E-state index in [1.54, 1.807) is 12.1 Å². The van der Waals surface area contributed by atoms with E-state index in [0.717, 1.165) is 25.1 Å². The Morgan fingerprint density at radius 3 is 2.39 bits per heavy atom. The second kappa shape index (κ2) is 7.59. The first-order valence-corrected chi connectivity index (χ1v) is 6.40. The number of aromatic hydroxyl groups is 1. The minimum absolute atomic E-state index is 0.300. The molecule has 98 valence electrons. The molecule has 2 N–H and O–H groups in total. The second-order valence-electron chi connectivity index (χ2n) is 4.80. The van der Waals surface area contributed by atoms with Crippen LogP contribution in [0.3, 0.4) is 0 Å². The molecule has 0 spiro atoms. The Bertz CT molecular complexity index is 411. The first kappa shape index (κ1) is 14.4. The lowest BCUT2D eigenvalue weighted by Gasteiger charge is -2.04. The second-order valence-corrected chi connectivity index (χ2v) is 4.80. The largest absolute Gasteiger partial charge is 0.508 e. The molecular weight excluding hydrogens is 222 g/mol. The standard InChI is InChI=1S/C16H23NO/c1-13(2)5-4-6-14(3)11-12-17-15-7-9-16(18)10-8-15/h5,7-11,17-18H,4,6,12H2,1-3H3/b14-11+. The minimum Gasteiger partial charge on any atom is -0.508 e. The van der Waals surface area contributed by atoms with Crippen LogP contribution in [-0.4, -0.2) is 11.7 Å². The zero-order valence-corrected chi connectivity index (χ0v) is 11.5. The summed E-state index contributed by atoms with van der Waals surface area (Å²) in [5.41, 5.74) is 3.81. The molecule has 0 aromatic heterocycles. The molecule has 0 fully saturated rings. The molecule has 0 radical (unpaired) electrons. The summed E-state index contributed by atoms with van der Waals surface area (Å²) >= 11 is 0. The monoisotopic (exact) mass is 245 g/mol. The normalized spacial score (nSPS) is 11.2. The van der Waals surface area contributed by atoms with Crippen LogP contribution in [0.4, 0.5) is 5.69 Å². The van der Waals surface area contributed by atoms with Gasteiger partial charge in [0, 0.05) is 12.2 Å². The number of anilines is 1. The van der Waals surface area contributed by atoms with Crippen LogP contribution in [0.5, 0.6) is 5.75 Å². The summed E-state index contributed by atoms with van der Waals surface area (Å²) < 4.78 is 0. The molecule has 0 aliphatic carbocycles. The molecule has 2 nitrogen and oxygen atoms in total. The maximum absolute atomic E-state index is 9.17. The summed E-state index contributed by atoms with van der Waals surface area (Å²) in [5, 5.41) is 12.5. The lowest BCUT2D eigenvalue weighted by molar-refractivity contribution is 0.475. The highest BCUT2D eigenvalue weighted by Gasteiger charge is 1.92. The average Bonchev–Trinajstić information content (AvgIpc) is 2.31. The van der Waals surface area contributed by atoms with Gasteiger partial charge in [0.2, 0.25) is 0 Å².